The SMILES string of the molecule is C/C=C\CC(CC(C)C)ON. The lowest BCUT2D eigenvalue weighted by atomic mass is 10.0. The Bertz CT molecular complexity index is 110. The van der Waals surface area contributed by atoms with E-state index < -0.39 is 0 Å². The predicted molar refractivity (Wildman–Crippen MR) is 47.9 cm³/mol. The van der Waals surface area contributed by atoms with Crippen LogP contribution >= 0.6 is 0 Å². The van der Waals surface area contributed by atoms with E-state index in [0.29, 0.717) is 5.92 Å². The first-order valence-corrected chi connectivity index (χ1v) is 4.17. The van der Waals surface area contributed by atoms with Gasteiger partial charge in [0.05, 0.1) is 6.10 Å². The van der Waals surface area contributed by atoms with Crippen molar-refractivity contribution in [3.05, 3.63) is 12.2 Å². The molecule has 0 bridgehead atoms. The predicted octanol–water partition coefficient (Wildman–Crippen LogP) is 2.26. The Hall–Kier alpha value is -0.340. The summed E-state index contributed by atoms with van der Waals surface area (Å²) in [4.78, 5) is 4.81. The van der Waals surface area contributed by atoms with Crippen molar-refractivity contribution in [2.75, 3.05) is 0 Å². The molecule has 0 aliphatic carbocycles. The summed E-state index contributed by atoms with van der Waals surface area (Å²) in [5.41, 5.74) is 0. The lowest BCUT2D eigenvalue weighted by molar-refractivity contribution is 0.0410. The Morgan fingerprint density at radius 1 is 1.45 bits per heavy atom. The highest BCUT2D eigenvalue weighted by atomic mass is 16.6. The van der Waals surface area contributed by atoms with E-state index in [0.717, 1.165) is 12.8 Å². The van der Waals surface area contributed by atoms with Gasteiger partial charge in [-0.1, -0.05) is 26.0 Å². The van der Waals surface area contributed by atoms with Gasteiger partial charge < -0.3 is 4.84 Å². The van der Waals surface area contributed by atoms with E-state index in [1.807, 2.05) is 13.0 Å². The number of hydrogen-bond donors (Lipinski definition) is 1. The molecule has 0 heterocycles. The lowest BCUT2D eigenvalue weighted by Gasteiger charge is -2.14. The molecule has 2 heteroatoms. The van der Waals surface area contributed by atoms with Gasteiger partial charge in [0.1, 0.15) is 0 Å². The summed E-state index contributed by atoms with van der Waals surface area (Å²) in [7, 11) is 0. The fourth-order valence-corrected chi connectivity index (χ4v) is 1.02. The minimum atomic E-state index is 0.186. The molecule has 1 atom stereocenters. The van der Waals surface area contributed by atoms with Crippen molar-refractivity contribution in [3.8, 4) is 0 Å². The van der Waals surface area contributed by atoms with E-state index in [1.54, 1.807) is 0 Å². The maximum atomic E-state index is 5.13. The molecule has 2 N–H and O–H groups in total. The van der Waals surface area contributed by atoms with Gasteiger partial charge in [0.2, 0.25) is 0 Å². The van der Waals surface area contributed by atoms with Crippen molar-refractivity contribution in [1.29, 1.82) is 0 Å². The Kier molecular flexibility index (Phi) is 6.18. The maximum Gasteiger partial charge on any atom is 0.0824 e. The van der Waals surface area contributed by atoms with Gasteiger partial charge in [0.15, 0.2) is 0 Å². The van der Waals surface area contributed by atoms with Gasteiger partial charge in [-0.15, -0.1) is 0 Å². The minimum Gasteiger partial charge on any atom is -0.301 e. The number of rotatable bonds is 5. The zero-order chi connectivity index (χ0) is 8.69. The largest absolute Gasteiger partial charge is 0.301 e. The molecule has 0 rings (SSSR count). The van der Waals surface area contributed by atoms with Crippen LogP contribution in [0.2, 0.25) is 0 Å². The fourth-order valence-electron chi connectivity index (χ4n) is 1.02. The van der Waals surface area contributed by atoms with Gasteiger partial charge in [-0.05, 0) is 25.7 Å². The monoisotopic (exact) mass is 157 g/mol. The third kappa shape index (κ3) is 6.07. The Balaban J connectivity index is 3.57. The van der Waals surface area contributed by atoms with Crippen LogP contribution in [-0.2, 0) is 4.84 Å². The highest BCUT2D eigenvalue weighted by Crippen LogP contribution is 2.10. The average Bonchev–Trinajstić information content (AvgIpc) is 1.97. The molecule has 2 nitrogen and oxygen atoms in total. The average molecular weight is 157 g/mol. The molecule has 0 radical (unpaired) electrons. The normalized spacial score (nSPS) is 14.6. The Morgan fingerprint density at radius 3 is 2.45 bits per heavy atom. The van der Waals surface area contributed by atoms with Crippen LogP contribution in [0.15, 0.2) is 12.2 Å². The summed E-state index contributed by atoms with van der Waals surface area (Å²) in [6.45, 7) is 6.34. The van der Waals surface area contributed by atoms with Gasteiger partial charge in [-0.3, -0.25) is 0 Å². The van der Waals surface area contributed by atoms with Crippen molar-refractivity contribution in [1.82, 2.24) is 0 Å². The summed E-state index contributed by atoms with van der Waals surface area (Å²) in [6.07, 6.45) is 6.24. The first-order chi connectivity index (χ1) is 5.20. The topological polar surface area (TPSA) is 35.2 Å². The minimum absolute atomic E-state index is 0.186. The smallest absolute Gasteiger partial charge is 0.0824 e. The zero-order valence-electron chi connectivity index (χ0n) is 7.71. The van der Waals surface area contributed by atoms with Crippen LogP contribution in [0, 0.1) is 5.92 Å². The molecular weight excluding hydrogens is 138 g/mol. The van der Waals surface area contributed by atoms with Gasteiger partial charge in [-0.25, -0.2) is 5.90 Å². The molecule has 0 saturated heterocycles. The summed E-state index contributed by atoms with van der Waals surface area (Å²) in [5.74, 6) is 5.77. The summed E-state index contributed by atoms with van der Waals surface area (Å²) < 4.78 is 0. The molecule has 0 aromatic heterocycles. The van der Waals surface area contributed by atoms with Crippen molar-refractivity contribution >= 4 is 0 Å². The molecule has 0 amide bonds. The molecule has 0 saturated carbocycles. The van der Waals surface area contributed by atoms with Gasteiger partial charge in [0, 0.05) is 0 Å². The van der Waals surface area contributed by atoms with Crippen LogP contribution in [0.4, 0.5) is 0 Å². The van der Waals surface area contributed by atoms with Gasteiger partial charge in [0.25, 0.3) is 0 Å². The summed E-state index contributed by atoms with van der Waals surface area (Å²) >= 11 is 0. The molecule has 66 valence electrons. The standard InChI is InChI=1S/C9H19NO/c1-4-5-6-9(11-10)7-8(2)3/h4-5,8-9H,6-7,10H2,1-3H3/b5-4-. The number of nitrogens with two attached hydrogens (primary N) is 1. The molecular formula is C9H19NO. The van der Waals surface area contributed by atoms with Crippen LogP contribution < -0.4 is 5.90 Å². The zero-order valence-corrected chi connectivity index (χ0v) is 7.71. The summed E-state index contributed by atoms with van der Waals surface area (Å²) in [5, 5.41) is 0. The number of hydrogen-bond acceptors (Lipinski definition) is 2. The molecule has 0 aliphatic heterocycles. The number of allylic oxidation sites excluding steroid dienone is 1. The highest BCUT2D eigenvalue weighted by molar-refractivity contribution is 4.80. The van der Waals surface area contributed by atoms with Crippen LogP contribution in [0.1, 0.15) is 33.6 Å². The lowest BCUT2D eigenvalue weighted by Crippen LogP contribution is -2.18. The molecule has 0 fully saturated rings. The molecule has 0 spiro atoms. The van der Waals surface area contributed by atoms with Crippen LogP contribution in [0.25, 0.3) is 0 Å². The van der Waals surface area contributed by atoms with Crippen LogP contribution in [-0.4, -0.2) is 6.10 Å². The van der Waals surface area contributed by atoms with E-state index in [2.05, 4.69) is 19.9 Å². The molecule has 11 heavy (non-hydrogen) atoms. The molecule has 0 aromatic rings. The van der Waals surface area contributed by atoms with E-state index in [4.69, 9.17) is 10.7 Å². The van der Waals surface area contributed by atoms with E-state index >= 15 is 0 Å². The third-order valence-electron chi connectivity index (χ3n) is 1.56. The second kappa shape index (κ2) is 6.38. The van der Waals surface area contributed by atoms with Gasteiger partial charge in [-0.2, -0.15) is 0 Å². The maximum absolute atomic E-state index is 5.13. The van der Waals surface area contributed by atoms with Crippen molar-refractivity contribution in [2.45, 2.75) is 39.7 Å². The van der Waals surface area contributed by atoms with Crippen molar-refractivity contribution in [2.24, 2.45) is 11.8 Å². The van der Waals surface area contributed by atoms with E-state index in [1.165, 1.54) is 0 Å². The van der Waals surface area contributed by atoms with Crippen molar-refractivity contribution in [3.63, 3.8) is 0 Å². The Morgan fingerprint density at radius 2 is 2.09 bits per heavy atom. The summed E-state index contributed by atoms with van der Waals surface area (Å²) in [6, 6.07) is 0. The Labute approximate surface area is 69.4 Å². The van der Waals surface area contributed by atoms with E-state index in [9.17, 15) is 0 Å². The van der Waals surface area contributed by atoms with Crippen LogP contribution in [0.5, 0.6) is 0 Å². The quantitative estimate of drug-likeness (QED) is 0.490. The fraction of sp³-hybridized carbons (Fsp3) is 0.778. The molecule has 0 aliphatic rings. The van der Waals surface area contributed by atoms with Gasteiger partial charge >= 0.3 is 0 Å². The second-order valence-electron chi connectivity index (χ2n) is 3.19. The molecule has 0 aromatic carbocycles. The van der Waals surface area contributed by atoms with Crippen molar-refractivity contribution < 1.29 is 4.84 Å². The first-order valence-electron chi connectivity index (χ1n) is 4.17. The second-order valence-corrected chi connectivity index (χ2v) is 3.19. The third-order valence-corrected chi connectivity index (χ3v) is 1.56. The highest BCUT2D eigenvalue weighted by Gasteiger charge is 2.07. The molecule has 1 unspecified atom stereocenters. The first kappa shape index (κ1) is 10.7. The van der Waals surface area contributed by atoms with E-state index in [-0.39, 0.29) is 6.10 Å². The van der Waals surface area contributed by atoms with Crippen LogP contribution in [0.3, 0.4) is 0 Å².